The molecular weight excluding hydrogens is 307 g/mol. The van der Waals surface area contributed by atoms with Gasteiger partial charge in [-0.1, -0.05) is 0 Å². The van der Waals surface area contributed by atoms with Crippen LogP contribution in [0.2, 0.25) is 0 Å². The van der Waals surface area contributed by atoms with E-state index in [2.05, 4.69) is 26.2 Å². The van der Waals surface area contributed by atoms with Gasteiger partial charge in [0.15, 0.2) is 11.6 Å². The highest BCUT2D eigenvalue weighted by Crippen LogP contribution is 2.33. The molecule has 0 radical (unpaired) electrons. The van der Waals surface area contributed by atoms with Gasteiger partial charge >= 0.3 is 6.09 Å². The first-order valence-electron chi connectivity index (χ1n) is 4.84. The number of hydrogen-bond acceptors (Lipinski definition) is 3. The van der Waals surface area contributed by atoms with Crippen LogP contribution in [0, 0.1) is 5.82 Å². The van der Waals surface area contributed by atoms with Crippen molar-refractivity contribution in [3.05, 3.63) is 28.6 Å². The fourth-order valence-electron chi connectivity index (χ4n) is 1.52. The number of halogens is 2. The molecule has 0 atom stereocenters. The number of nitrogens with one attached hydrogen (secondary N) is 1. The van der Waals surface area contributed by atoms with Crippen LogP contribution in [0.15, 0.2) is 22.8 Å². The third kappa shape index (κ3) is 2.21. The number of aromatic nitrogens is 1. The van der Waals surface area contributed by atoms with Gasteiger partial charge in [-0.2, -0.15) is 0 Å². The molecule has 94 valence electrons. The van der Waals surface area contributed by atoms with Gasteiger partial charge < -0.3 is 9.84 Å². The van der Waals surface area contributed by atoms with Gasteiger partial charge in [0.1, 0.15) is 0 Å². The molecule has 5 nitrogen and oxygen atoms in total. The number of fused-ring (bicyclic) bond motifs is 1. The van der Waals surface area contributed by atoms with Crippen molar-refractivity contribution < 1.29 is 19.0 Å². The lowest BCUT2D eigenvalue weighted by molar-refractivity contribution is 0.209. The number of amides is 1. The predicted octanol–water partition coefficient (Wildman–Crippen LogP) is 3.23. The molecule has 1 heterocycles. The fraction of sp³-hybridized carbons (Fsp3) is 0.0909. The smallest absolute Gasteiger partial charge is 0.409 e. The Morgan fingerprint density at radius 1 is 1.56 bits per heavy atom. The number of rotatable bonds is 2. The molecule has 2 N–H and O–H groups in total. The fourth-order valence-corrected chi connectivity index (χ4v) is 2.04. The Kier molecular flexibility index (Phi) is 3.33. The van der Waals surface area contributed by atoms with Crippen molar-refractivity contribution in [1.29, 1.82) is 0 Å². The minimum atomic E-state index is -1.20. The van der Waals surface area contributed by atoms with Crippen LogP contribution in [0.3, 0.4) is 0 Å². The third-order valence-corrected chi connectivity index (χ3v) is 3.17. The summed E-state index contributed by atoms with van der Waals surface area (Å²) in [5.41, 5.74) is 0.680. The summed E-state index contributed by atoms with van der Waals surface area (Å²) in [5.74, 6) is -0.458. The molecule has 0 aliphatic rings. The molecule has 0 spiro atoms. The average molecular weight is 315 g/mol. The molecular formula is C11H8BrFN2O3. The molecule has 1 aromatic heterocycles. The number of pyridine rings is 1. The zero-order valence-corrected chi connectivity index (χ0v) is 10.8. The summed E-state index contributed by atoms with van der Waals surface area (Å²) in [4.78, 5) is 14.6. The Balaban J connectivity index is 2.65. The number of nitrogens with zero attached hydrogens (tertiary/aromatic N) is 1. The zero-order chi connectivity index (χ0) is 13.3. The van der Waals surface area contributed by atoms with Crippen molar-refractivity contribution in [3.8, 4) is 5.75 Å². The maximum Gasteiger partial charge on any atom is 0.409 e. The van der Waals surface area contributed by atoms with Crippen LogP contribution in [-0.2, 0) is 0 Å². The van der Waals surface area contributed by atoms with E-state index in [0.717, 1.165) is 0 Å². The van der Waals surface area contributed by atoms with Crippen molar-refractivity contribution in [1.82, 2.24) is 4.98 Å². The molecule has 0 saturated carbocycles. The molecule has 0 aliphatic heterocycles. The van der Waals surface area contributed by atoms with Gasteiger partial charge in [-0.25, -0.2) is 9.18 Å². The molecule has 1 amide bonds. The normalized spacial score (nSPS) is 10.4. The first-order valence-corrected chi connectivity index (χ1v) is 5.64. The molecule has 18 heavy (non-hydrogen) atoms. The second-order valence-electron chi connectivity index (χ2n) is 3.42. The summed E-state index contributed by atoms with van der Waals surface area (Å²) in [5, 5.41) is 11.4. The van der Waals surface area contributed by atoms with Crippen LogP contribution in [-0.4, -0.2) is 23.3 Å². The highest BCUT2D eigenvalue weighted by Gasteiger charge is 2.12. The lowest BCUT2D eigenvalue weighted by atomic mass is 10.2. The molecule has 2 aromatic rings. The van der Waals surface area contributed by atoms with E-state index in [0.29, 0.717) is 15.4 Å². The van der Waals surface area contributed by atoms with Gasteiger partial charge in [0.2, 0.25) is 0 Å². The second kappa shape index (κ2) is 4.77. The Labute approximate surface area is 110 Å². The summed E-state index contributed by atoms with van der Waals surface area (Å²) in [6.45, 7) is 0. The maximum absolute atomic E-state index is 13.5. The number of carboxylic acid groups (broad SMARTS) is 1. The van der Waals surface area contributed by atoms with Crippen LogP contribution in [0.1, 0.15) is 0 Å². The largest absolute Gasteiger partial charge is 0.494 e. The summed E-state index contributed by atoms with van der Waals surface area (Å²) in [6.07, 6.45) is 0.109. The summed E-state index contributed by atoms with van der Waals surface area (Å²) < 4.78 is 18.8. The molecule has 0 aliphatic carbocycles. The van der Waals surface area contributed by atoms with Gasteiger partial charge in [-0.15, -0.1) is 0 Å². The van der Waals surface area contributed by atoms with E-state index in [1.165, 1.54) is 25.4 Å². The van der Waals surface area contributed by atoms with Crippen molar-refractivity contribution in [3.63, 3.8) is 0 Å². The van der Waals surface area contributed by atoms with E-state index in [1.54, 1.807) is 0 Å². The predicted molar refractivity (Wildman–Crippen MR) is 67.6 cm³/mol. The lowest BCUT2D eigenvalue weighted by Gasteiger charge is -2.09. The number of carbonyl (C=O) groups is 1. The Bertz CT molecular complexity index is 633. The van der Waals surface area contributed by atoms with Crippen LogP contribution < -0.4 is 10.1 Å². The second-order valence-corrected chi connectivity index (χ2v) is 4.21. The number of ether oxygens (including phenoxy) is 1. The third-order valence-electron chi connectivity index (χ3n) is 2.32. The molecule has 0 unspecified atom stereocenters. The Hall–Kier alpha value is -1.89. The minimum Gasteiger partial charge on any atom is -0.494 e. The number of methoxy groups -OCH3 is 1. The molecule has 2 rings (SSSR count). The topological polar surface area (TPSA) is 71.5 Å². The molecule has 0 saturated heterocycles. The number of anilines is 1. The van der Waals surface area contributed by atoms with Crippen molar-refractivity contribution in [2.45, 2.75) is 0 Å². The number of benzene rings is 1. The van der Waals surface area contributed by atoms with E-state index < -0.39 is 11.9 Å². The van der Waals surface area contributed by atoms with E-state index in [1.807, 2.05) is 0 Å². The van der Waals surface area contributed by atoms with Crippen molar-refractivity contribution in [2.24, 2.45) is 0 Å². The van der Waals surface area contributed by atoms with Crippen molar-refractivity contribution >= 4 is 38.6 Å². The van der Waals surface area contributed by atoms with Crippen LogP contribution in [0.5, 0.6) is 5.75 Å². The minimum absolute atomic E-state index is 0.0671. The Morgan fingerprint density at radius 3 is 2.89 bits per heavy atom. The van der Waals surface area contributed by atoms with Gasteiger partial charge in [-0.3, -0.25) is 10.3 Å². The lowest BCUT2D eigenvalue weighted by Crippen LogP contribution is -2.08. The first kappa shape index (κ1) is 12.6. The summed E-state index contributed by atoms with van der Waals surface area (Å²) in [7, 11) is 1.35. The molecule has 0 fully saturated rings. The van der Waals surface area contributed by atoms with Crippen LogP contribution in [0.25, 0.3) is 10.9 Å². The summed E-state index contributed by atoms with van der Waals surface area (Å²) in [6, 6.07) is 2.68. The van der Waals surface area contributed by atoms with Gasteiger partial charge in [0.25, 0.3) is 0 Å². The van der Waals surface area contributed by atoms with Crippen LogP contribution >= 0.6 is 15.9 Å². The summed E-state index contributed by atoms with van der Waals surface area (Å²) >= 11 is 3.25. The standard InChI is InChI=1S/C11H8BrFN2O3/c1-18-9-2-5-7(3-6(9)13)14-4-8(10(5)12)15-11(16)17/h2-4,15H,1H3,(H,16,17). The molecule has 1 aromatic carbocycles. The first-order chi connectivity index (χ1) is 8.52. The maximum atomic E-state index is 13.5. The highest BCUT2D eigenvalue weighted by atomic mass is 79.9. The average Bonchev–Trinajstić information content (AvgIpc) is 2.32. The van der Waals surface area contributed by atoms with Gasteiger partial charge in [0.05, 0.1) is 29.0 Å². The Morgan fingerprint density at radius 2 is 2.28 bits per heavy atom. The zero-order valence-electron chi connectivity index (χ0n) is 9.20. The SMILES string of the molecule is COc1cc2c(Br)c(NC(=O)O)cnc2cc1F. The van der Waals surface area contributed by atoms with E-state index in [9.17, 15) is 9.18 Å². The van der Waals surface area contributed by atoms with Crippen molar-refractivity contribution in [2.75, 3.05) is 12.4 Å². The monoisotopic (exact) mass is 314 g/mol. The van der Waals surface area contributed by atoms with E-state index in [4.69, 9.17) is 9.84 Å². The quantitative estimate of drug-likeness (QED) is 0.892. The van der Waals surface area contributed by atoms with E-state index >= 15 is 0 Å². The van der Waals surface area contributed by atoms with Gasteiger partial charge in [0, 0.05) is 11.5 Å². The highest BCUT2D eigenvalue weighted by molar-refractivity contribution is 9.10. The molecule has 7 heteroatoms. The van der Waals surface area contributed by atoms with E-state index in [-0.39, 0.29) is 11.4 Å². The van der Waals surface area contributed by atoms with Crippen LogP contribution in [0.4, 0.5) is 14.9 Å². The molecule has 0 bridgehead atoms. The van der Waals surface area contributed by atoms with Gasteiger partial charge in [-0.05, 0) is 22.0 Å². The number of hydrogen-bond donors (Lipinski definition) is 2.